The number of nitrogens with one attached hydrogen (secondary N) is 1. The number of ether oxygens (including phenoxy) is 2. The van der Waals surface area contributed by atoms with Crippen LogP contribution in [0.2, 0.25) is 0 Å². The summed E-state index contributed by atoms with van der Waals surface area (Å²) in [5.74, 6) is 2.34. The molecule has 21 heavy (non-hydrogen) atoms. The Morgan fingerprint density at radius 1 is 1.33 bits per heavy atom. The predicted octanol–water partition coefficient (Wildman–Crippen LogP) is 2.04. The predicted molar refractivity (Wildman–Crippen MR) is 81.0 cm³/mol. The lowest BCUT2D eigenvalue weighted by atomic mass is 9.94. The molecular weight excluding hydrogens is 268 g/mol. The first-order valence-corrected chi connectivity index (χ1v) is 7.43. The van der Waals surface area contributed by atoms with Crippen LogP contribution in [0.5, 0.6) is 11.5 Å². The summed E-state index contributed by atoms with van der Waals surface area (Å²) >= 11 is 0. The summed E-state index contributed by atoms with van der Waals surface area (Å²) in [7, 11) is 0. The van der Waals surface area contributed by atoms with Gasteiger partial charge in [0.25, 0.3) is 0 Å². The highest BCUT2D eigenvalue weighted by atomic mass is 16.7. The Morgan fingerprint density at radius 2 is 2.10 bits per heavy atom. The van der Waals surface area contributed by atoms with Crippen molar-refractivity contribution in [3.63, 3.8) is 0 Å². The van der Waals surface area contributed by atoms with E-state index in [-0.39, 0.29) is 18.6 Å². The molecule has 5 heteroatoms. The van der Waals surface area contributed by atoms with Crippen LogP contribution in [0, 0.1) is 11.8 Å². The SMILES string of the molecule is CC(C)CC(CN)CC(=O)NCc1ccc2c(c1)OCO2. The quantitative estimate of drug-likeness (QED) is 0.806. The minimum Gasteiger partial charge on any atom is -0.454 e. The molecule has 0 bridgehead atoms. The molecule has 0 radical (unpaired) electrons. The van der Waals surface area contributed by atoms with Crippen LogP contribution < -0.4 is 20.5 Å². The van der Waals surface area contributed by atoms with Crippen LogP contribution in [-0.4, -0.2) is 19.2 Å². The molecule has 5 nitrogen and oxygen atoms in total. The standard InChI is InChI=1S/C16H24N2O3/c1-11(2)5-13(8-17)7-16(19)18-9-12-3-4-14-15(6-12)21-10-20-14/h3-4,6,11,13H,5,7-10,17H2,1-2H3,(H,18,19). The Kier molecular flexibility index (Phi) is 5.44. The van der Waals surface area contributed by atoms with Crippen molar-refractivity contribution in [2.24, 2.45) is 17.6 Å². The van der Waals surface area contributed by atoms with Crippen molar-refractivity contribution < 1.29 is 14.3 Å². The first-order chi connectivity index (χ1) is 10.1. The maximum atomic E-state index is 12.0. The molecule has 116 valence electrons. The molecule has 0 spiro atoms. The third-order valence-electron chi connectivity index (χ3n) is 3.54. The number of nitrogens with two attached hydrogens (primary N) is 1. The molecule has 1 atom stereocenters. The van der Waals surface area contributed by atoms with Crippen molar-refractivity contribution in [1.82, 2.24) is 5.32 Å². The fraction of sp³-hybridized carbons (Fsp3) is 0.562. The molecule has 1 amide bonds. The average molecular weight is 292 g/mol. The zero-order valence-electron chi connectivity index (χ0n) is 12.7. The van der Waals surface area contributed by atoms with E-state index >= 15 is 0 Å². The molecule has 2 rings (SSSR count). The molecule has 1 aromatic carbocycles. The molecule has 0 aliphatic carbocycles. The lowest BCUT2D eigenvalue weighted by Gasteiger charge is -2.16. The summed E-state index contributed by atoms with van der Waals surface area (Å²) in [6, 6.07) is 5.70. The van der Waals surface area contributed by atoms with Crippen molar-refractivity contribution in [3.05, 3.63) is 23.8 Å². The molecule has 1 aliphatic heterocycles. The zero-order valence-corrected chi connectivity index (χ0v) is 12.7. The summed E-state index contributed by atoms with van der Waals surface area (Å²) in [5, 5.41) is 2.94. The van der Waals surface area contributed by atoms with Gasteiger partial charge in [-0.3, -0.25) is 4.79 Å². The molecule has 0 saturated carbocycles. The van der Waals surface area contributed by atoms with Gasteiger partial charge in [-0.05, 0) is 42.5 Å². The van der Waals surface area contributed by atoms with Crippen molar-refractivity contribution in [2.45, 2.75) is 33.2 Å². The zero-order chi connectivity index (χ0) is 15.2. The van der Waals surface area contributed by atoms with Crippen LogP contribution in [-0.2, 0) is 11.3 Å². The molecule has 1 aliphatic rings. The fourth-order valence-corrected chi connectivity index (χ4v) is 2.52. The van der Waals surface area contributed by atoms with Gasteiger partial charge in [0.1, 0.15) is 0 Å². The Labute approximate surface area is 125 Å². The number of amides is 1. The maximum absolute atomic E-state index is 12.0. The summed E-state index contributed by atoms with van der Waals surface area (Å²) in [4.78, 5) is 12.0. The number of carbonyl (C=O) groups is 1. The van der Waals surface area contributed by atoms with Crippen LogP contribution in [0.1, 0.15) is 32.3 Å². The Bertz CT molecular complexity index is 488. The average Bonchev–Trinajstić information content (AvgIpc) is 2.91. The Hall–Kier alpha value is -1.75. The van der Waals surface area contributed by atoms with E-state index in [9.17, 15) is 4.79 Å². The number of hydrogen-bond donors (Lipinski definition) is 2. The number of rotatable bonds is 7. The highest BCUT2D eigenvalue weighted by molar-refractivity contribution is 5.76. The lowest BCUT2D eigenvalue weighted by Crippen LogP contribution is -2.28. The topological polar surface area (TPSA) is 73.6 Å². The molecule has 0 fully saturated rings. The third kappa shape index (κ3) is 4.63. The fourth-order valence-electron chi connectivity index (χ4n) is 2.52. The smallest absolute Gasteiger partial charge is 0.231 e. The van der Waals surface area contributed by atoms with Crippen molar-refractivity contribution >= 4 is 5.91 Å². The number of fused-ring (bicyclic) bond motifs is 1. The lowest BCUT2D eigenvalue weighted by molar-refractivity contribution is -0.122. The van der Waals surface area contributed by atoms with Crippen LogP contribution in [0.15, 0.2) is 18.2 Å². The molecular formula is C16H24N2O3. The molecule has 1 heterocycles. The summed E-state index contributed by atoms with van der Waals surface area (Å²) in [5.41, 5.74) is 6.73. The van der Waals surface area contributed by atoms with E-state index in [0.717, 1.165) is 23.5 Å². The molecule has 0 aromatic heterocycles. The van der Waals surface area contributed by atoms with Crippen molar-refractivity contribution in [3.8, 4) is 11.5 Å². The third-order valence-corrected chi connectivity index (χ3v) is 3.54. The minimum absolute atomic E-state index is 0.0452. The van der Waals surface area contributed by atoms with Gasteiger partial charge in [-0.25, -0.2) is 0 Å². The highest BCUT2D eigenvalue weighted by Gasteiger charge is 2.15. The first kappa shape index (κ1) is 15.6. The van der Waals surface area contributed by atoms with E-state index in [1.807, 2.05) is 18.2 Å². The summed E-state index contributed by atoms with van der Waals surface area (Å²) < 4.78 is 10.6. The number of hydrogen-bond acceptors (Lipinski definition) is 4. The molecule has 3 N–H and O–H groups in total. The Balaban J connectivity index is 1.80. The van der Waals surface area contributed by atoms with Crippen LogP contribution in [0.4, 0.5) is 0 Å². The van der Waals surface area contributed by atoms with Crippen LogP contribution >= 0.6 is 0 Å². The van der Waals surface area contributed by atoms with Gasteiger partial charge >= 0.3 is 0 Å². The Morgan fingerprint density at radius 3 is 2.81 bits per heavy atom. The summed E-state index contributed by atoms with van der Waals surface area (Å²) in [6.45, 7) is 5.60. The van der Waals surface area contributed by atoms with E-state index < -0.39 is 0 Å². The number of benzene rings is 1. The summed E-state index contributed by atoms with van der Waals surface area (Å²) in [6.07, 6.45) is 1.47. The molecule has 0 saturated heterocycles. The van der Waals surface area contributed by atoms with Crippen molar-refractivity contribution in [1.29, 1.82) is 0 Å². The van der Waals surface area contributed by atoms with Gasteiger partial charge in [0, 0.05) is 13.0 Å². The van der Waals surface area contributed by atoms with Gasteiger partial charge in [-0.15, -0.1) is 0 Å². The van der Waals surface area contributed by atoms with E-state index in [1.54, 1.807) is 0 Å². The minimum atomic E-state index is 0.0452. The van der Waals surface area contributed by atoms with Crippen molar-refractivity contribution in [2.75, 3.05) is 13.3 Å². The normalized spacial score (nSPS) is 14.3. The second kappa shape index (κ2) is 7.31. The largest absolute Gasteiger partial charge is 0.454 e. The van der Waals surface area contributed by atoms with Gasteiger partial charge in [-0.2, -0.15) is 0 Å². The second-order valence-corrected chi connectivity index (χ2v) is 5.90. The van der Waals surface area contributed by atoms with Gasteiger partial charge < -0.3 is 20.5 Å². The van der Waals surface area contributed by atoms with E-state index in [0.29, 0.717) is 25.4 Å². The molecule has 1 aromatic rings. The van der Waals surface area contributed by atoms with E-state index in [2.05, 4.69) is 19.2 Å². The van der Waals surface area contributed by atoms with Gasteiger partial charge in [0.15, 0.2) is 11.5 Å². The van der Waals surface area contributed by atoms with Crippen LogP contribution in [0.25, 0.3) is 0 Å². The van der Waals surface area contributed by atoms with Gasteiger partial charge in [0.05, 0.1) is 0 Å². The van der Waals surface area contributed by atoms with Crippen LogP contribution in [0.3, 0.4) is 0 Å². The second-order valence-electron chi connectivity index (χ2n) is 5.90. The highest BCUT2D eigenvalue weighted by Crippen LogP contribution is 2.32. The molecule has 1 unspecified atom stereocenters. The van der Waals surface area contributed by atoms with Gasteiger partial charge in [-0.1, -0.05) is 19.9 Å². The maximum Gasteiger partial charge on any atom is 0.231 e. The van der Waals surface area contributed by atoms with Gasteiger partial charge in [0.2, 0.25) is 12.7 Å². The number of carbonyl (C=O) groups excluding carboxylic acids is 1. The van der Waals surface area contributed by atoms with E-state index in [1.165, 1.54) is 0 Å². The van der Waals surface area contributed by atoms with E-state index in [4.69, 9.17) is 15.2 Å². The monoisotopic (exact) mass is 292 g/mol. The first-order valence-electron chi connectivity index (χ1n) is 7.43.